The Hall–Kier alpha value is -2.89. The Kier molecular flexibility index (Phi) is 4.79. The van der Waals surface area contributed by atoms with Crippen LogP contribution in [0.1, 0.15) is 52.5 Å². The number of rotatable bonds is 4. The van der Waals surface area contributed by atoms with E-state index < -0.39 is 0 Å². The standard InChI is InChI=1S/C21H24N4O2/c1-14-17(15(2)27-24-14)13-22-21(26)19-18-11-7-4-8-12-25(18)20(23-19)16-9-5-3-6-10-16/h3,5-6,9-10H,4,7-8,11-13H2,1-2H3,(H,22,26). The number of nitrogens with zero attached hydrogens (tertiary/aromatic N) is 3. The number of aryl methyl sites for hydroxylation is 2. The van der Waals surface area contributed by atoms with E-state index >= 15 is 0 Å². The molecule has 1 aliphatic rings. The minimum Gasteiger partial charge on any atom is -0.361 e. The zero-order chi connectivity index (χ0) is 18.8. The monoisotopic (exact) mass is 364 g/mol. The highest BCUT2D eigenvalue weighted by molar-refractivity contribution is 5.94. The topological polar surface area (TPSA) is 73.0 Å². The lowest BCUT2D eigenvalue weighted by atomic mass is 10.1. The molecule has 1 aromatic carbocycles. The molecule has 0 saturated heterocycles. The number of nitrogens with one attached hydrogen (secondary N) is 1. The molecule has 0 atom stereocenters. The molecule has 0 aliphatic carbocycles. The second-order valence-corrected chi connectivity index (χ2v) is 7.04. The molecule has 1 N–H and O–H groups in total. The van der Waals surface area contributed by atoms with Crippen LogP contribution in [0.25, 0.3) is 11.4 Å². The molecule has 0 saturated carbocycles. The highest BCUT2D eigenvalue weighted by atomic mass is 16.5. The average molecular weight is 364 g/mol. The first-order valence-corrected chi connectivity index (χ1v) is 9.50. The van der Waals surface area contributed by atoms with Crippen molar-refractivity contribution in [1.29, 1.82) is 0 Å². The maximum atomic E-state index is 13.0. The van der Waals surface area contributed by atoms with Crippen molar-refractivity contribution in [2.24, 2.45) is 0 Å². The summed E-state index contributed by atoms with van der Waals surface area (Å²) in [7, 11) is 0. The van der Waals surface area contributed by atoms with E-state index in [1.807, 2.05) is 44.2 Å². The van der Waals surface area contributed by atoms with Gasteiger partial charge < -0.3 is 14.4 Å². The number of hydrogen-bond acceptors (Lipinski definition) is 4. The molecule has 0 radical (unpaired) electrons. The van der Waals surface area contributed by atoms with Crippen molar-refractivity contribution in [3.05, 3.63) is 58.7 Å². The molecule has 27 heavy (non-hydrogen) atoms. The number of amides is 1. The SMILES string of the molecule is Cc1noc(C)c1CNC(=O)c1nc(-c2ccccc2)n2c1CCCCC2. The van der Waals surface area contributed by atoms with E-state index in [1.54, 1.807) is 0 Å². The zero-order valence-electron chi connectivity index (χ0n) is 15.8. The predicted octanol–water partition coefficient (Wildman–Crippen LogP) is 3.81. The Balaban J connectivity index is 1.66. The summed E-state index contributed by atoms with van der Waals surface area (Å²) in [5.41, 5.74) is 4.37. The number of fused-ring (bicyclic) bond motifs is 1. The summed E-state index contributed by atoms with van der Waals surface area (Å²) in [6, 6.07) is 10.1. The van der Waals surface area contributed by atoms with Crippen molar-refractivity contribution in [2.45, 2.75) is 52.6 Å². The predicted molar refractivity (Wildman–Crippen MR) is 102 cm³/mol. The quantitative estimate of drug-likeness (QED) is 0.764. The van der Waals surface area contributed by atoms with Gasteiger partial charge in [-0.15, -0.1) is 0 Å². The lowest BCUT2D eigenvalue weighted by molar-refractivity contribution is 0.0945. The van der Waals surface area contributed by atoms with Gasteiger partial charge in [-0.2, -0.15) is 0 Å². The molecule has 0 unspecified atom stereocenters. The summed E-state index contributed by atoms with van der Waals surface area (Å²) < 4.78 is 7.41. The summed E-state index contributed by atoms with van der Waals surface area (Å²) in [5.74, 6) is 1.49. The Morgan fingerprint density at radius 3 is 2.74 bits per heavy atom. The maximum absolute atomic E-state index is 13.0. The minimum atomic E-state index is -0.136. The van der Waals surface area contributed by atoms with Gasteiger partial charge in [-0.05, 0) is 33.1 Å². The minimum absolute atomic E-state index is 0.136. The van der Waals surface area contributed by atoms with Gasteiger partial charge in [0.05, 0.1) is 11.4 Å². The van der Waals surface area contributed by atoms with Crippen LogP contribution in [0.3, 0.4) is 0 Å². The first-order valence-electron chi connectivity index (χ1n) is 9.50. The van der Waals surface area contributed by atoms with Crippen LogP contribution in [-0.2, 0) is 19.5 Å². The van der Waals surface area contributed by atoms with Crippen molar-refractivity contribution in [3.63, 3.8) is 0 Å². The van der Waals surface area contributed by atoms with E-state index in [9.17, 15) is 4.79 Å². The van der Waals surface area contributed by atoms with E-state index in [-0.39, 0.29) is 5.91 Å². The van der Waals surface area contributed by atoms with Crippen LogP contribution in [0, 0.1) is 13.8 Å². The molecule has 4 rings (SSSR count). The van der Waals surface area contributed by atoms with Gasteiger partial charge in [0.1, 0.15) is 17.3 Å². The lowest BCUT2D eigenvalue weighted by Gasteiger charge is -2.09. The van der Waals surface area contributed by atoms with Crippen molar-refractivity contribution in [1.82, 2.24) is 20.0 Å². The molecule has 0 fully saturated rings. The molecule has 140 valence electrons. The van der Waals surface area contributed by atoms with Crippen LogP contribution in [0.2, 0.25) is 0 Å². The Morgan fingerprint density at radius 2 is 2.00 bits per heavy atom. The Morgan fingerprint density at radius 1 is 1.19 bits per heavy atom. The molecule has 1 amide bonds. The fourth-order valence-corrected chi connectivity index (χ4v) is 3.72. The Bertz CT molecular complexity index is 937. The third kappa shape index (κ3) is 3.39. The third-order valence-corrected chi connectivity index (χ3v) is 5.22. The van der Waals surface area contributed by atoms with Gasteiger partial charge in [0.25, 0.3) is 5.91 Å². The first kappa shape index (κ1) is 17.5. The smallest absolute Gasteiger partial charge is 0.272 e. The van der Waals surface area contributed by atoms with E-state index in [0.29, 0.717) is 12.2 Å². The fourth-order valence-electron chi connectivity index (χ4n) is 3.72. The Labute approximate surface area is 158 Å². The molecule has 2 aromatic heterocycles. The van der Waals surface area contributed by atoms with E-state index in [2.05, 4.69) is 15.0 Å². The number of benzene rings is 1. The number of carbonyl (C=O) groups is 1. The molecule has 1 aliphatic heterocycles. The zero-order valence-corrected chi connectivity index (χ0v) is 15.8. The summed E-state index contributed by atoms with van der Waals surface area (Å²) in [4.78, 5) is 17.7. The first-order chi connectivity index (χ1) is 13.1. The molecule has 3 aromatic rings. The van der Waals surface area contributed by atoms with Crippen LogP contribution in [0.5, 0.6) is 0 Å². The van der Waals surface area contributed by atoms with Gasteiger partial charge in [-0.3, -0.25) is 4.79 Å². The van der Waals surface area contributed by atoms with E-state index in [4.69, 9.17) is 9.51 Å². The highest BCUT2D eigenvalue weighted by Crippen LogP contribution is 2.27. The van der Waals surface area contributed by atoms with Gasteiger partial charge in [-0.1, -0.05) is 41.9 Å². The third-order valence-electron chi connectivity index (χ3n) is 5.22. The van der Waals surface area contributed by atoms with Crippen LogP contribution >= 0.6 is 0 Å². The van der Waals surface area contributed by atoms with Gasteiger partial charge >= 0.3 is 0 Å². The lowest BCUT2D eigenvalue weighted by Crippen LogP contribution is -2.25. The second kappa shape index (κ2) is 7.39. The van der Waals surface area contributed by atoms with Gasteiger partial charge in [0, 0.05) is 24.2 Å². The molecule has 0 spiro atoms. The molecular weight excluding hydrogens is 340 g/mol. The largest absolute Gasteiger partial charge is 0.361 e. The maximum Gasteiger partial charge on any atom is 0.272 e. The van der Waals surface area contributed by atoms with E-state index in [1.165, 1.54) is 6.42 Å². The highest BCUT2D eigenvalue weighted by Gasteiger charge is 2.24. The number of carbonyl (C=O) groups excluding carboxylic acids is 1. The van der Waals surface area contributed by atoms with Crippen molar-refractivity contribution in [2.75, 3.05) is 0 Å². The van der Waals surface area contributed by atoms with Crippen LogP contribution < -0.4 is 5.32 Å². The molecule has 6 nitrogen and oxygen atoms in total. The van der Waals surface area contributed by atoms with Gasteiger partial charge in [0.15, 0.2) is 0 Å². The summed E-state index contributed by atoms with van der Waals surface area (Å²) >= 11 is 0. The van der Waals surface area contributed by atoms with Crippen LogP contribution in [-0.4, -0.2) is 20.6 Å². The van der Waals surface area contributed by atoms with E-state index in [0.717, 1.165) is 59.9 Å². The fraction of sp³-hybridized carbons (Fsp3) is 0.381. The average Bonchev–Trinajstić information content (AvgIpc) is 3.10. The normalized spacial score (nSPS) is 13.9. The summed E-state index contributed by atoms with van der Waals surface area (Å²) in [6.45, 7) is 5.04. The second-order valence-electron chi connectivity index (χ2n) is 7.04. The number of hydrogen-bond donors (Lipinski definition) is 1. The molecule has 6 heteroatoms. The summed E-state index contributed by atoms with van der Waals surface area (Å²) in [6.07, 6.45) is 4.26. The number of aromatic nitrogens is 3. The van der Waals surface area contributed by atoms with Crippen molar-refractivity contribution >= 4 is 5.91 Å². The van der Waals surface area contributed by atoms with Crippen molar-refractivity contribution in [3.8, 4) is 11.4 Å². The summed E-state index contributed by atoms with van der Waals surface area (Å²) in [5, 5.41) is 6.95. The molecule has 0 bridgehead atoms. The van der Waals surface area contributed by atoms with Gasteiger partial charge in [0.2, 0.25) is 0 Å². The van der Waals surface area contributed by atoms with Crippen LogP contribution in [0.4, 0.5) is 0 Å². The van der Waals surface area contributed by atoms with Crippen molar-refractivity contribution < 1.29 is 9.32 Å². The molecule has 3 heterocycles. The van der Waals surface area contributed by atoms with Gasteiger partial charge in [-0.25, -0.2) is 4.98 Å². The molecular formula is C21H24N4O2. The van der Waals surface area contributed by atoms with Crippen LogP contribution in [0.15, 0.2) is 34.9 Å². The number of imidazole rings is 1.